The van der Waals surface area contributed by atoms with Crippen molar-refractivity contribution < 1.29 is 19.8 Å². The highest BCUT2D eigenvalue weighted by molar-refractivity contribution is 5.67. The Balaban J connectivity index is -0.000000121. The summed E-state index contributed by atoms with van der Waals surface area (Å²) in [5.74, 6) is -1.64. The Kier molecular flexibility index (Phi) is 42.9. The summed E-state index contributed by atoms with van der Waals surface area (Å²) in [7, 11) is 4.50. The molecule has 0 atom stereocenters. The van der Waals surface area contributed by atoms with Crippen molar-refractivity contribution in [2.75, 3.05) is 21.1 Å². The molecule has 8 N–H and O–H groups in total. The summed E-state index contributed by atoms with van der Waals surface area (Å²) in [6, 6.07) is 0. The lowest BCUT2D eigenvalue weighted by Gasteiger charge is -1.94. The third-order valence-electron chi connectivity index (χ3n) is 1.28. The average molecular weight is 253 g/mol. The monoisotopic (exact) mass is 253 g/mol. The molecule has 7 nitrogen and oxygen atoms in total. The zero-order valence-electron chi connectivity index (χ0n) is 11.0. The predicted molar refractivity (Wildman–Crippen MR) is 68.7 cm³/mol. The smallest absolute Gasteiger partial charge is 0.303 e. The van der Waals surface area contributed by atoms with E-state index in [4.69, 9.17) is 10.2 Å². The maximum Gasteiger partial charge on any atom is 0.303 e. The van der Waals surface area contributed by atoms with Crippen LogP contribution in [0.25, 0.3) is 0 Å². The Morgan fingerprint density at radius 1 is 0.706 bits per heavy atom. The first kappa shape index (κ1) is 24.9. The molecule has 0 aliphatic heterocycles. The summed E-state index contributed by atoms with van der Waals surface area (Å²) in [5, 5.41) is 16.4. The Bertz CT molecular complexity index is 138. The Morgan fingerprint density at radius 3 is 1.12 bits per heavy atom. The SMILES string of the molecule is CN.CN.CN.O=C(O)CCCCCC(=O)O. The van der Waals surface area contributed by atoms with Crippen LogP contribution in [0.15, 0.2) is 0 Å². The third kappa shape index (κ3) is 52.4. The van der Waals surface area contributed by atoms with Crippen molar-refractivity contribution in [2.45, 2.75) is 32.1 Å². The van der Waals surface area contributed by atoms with Gasteiger partial charge in [-0.1, -0.05) is 6.42 Å². The zero-order valence-corrected chi connectivity index (χ0v) is 11.0. The minimum Gasteiger partial charge on any atom is -0.481 e. The first-order valence-electron chi connectivity index (χ1n) is 5.29. The van der Waals surface area contributed by atoms with Crippen LogP contribution in [-0.4, -0.2) is 43.3 Å². The lowest BCUT2D eigenvalue weighted by Crippen LogP contribution is -1.96. The highest BCUT2D eigenvalue weighted by Crippen LogP contribution is 2.02. The summed E-state index contributed by atoms with van der Waals surface area (Å²) in [6.45, 7) is 0. The second kappa shape index (κ2) is 29.4. The maximum absolute atomic E-state index is 9.98. The summed E-state index contributed by atoms with van der Waals surface area (Å²) < 4.78 is 0. The van der Waals surface area contributed by atoms with E-state index in [0.717, 1.165) is 0 Å². The fraction of sp³-hybridized carbons (Fsp3) is 0.800. The standard InChI is InChI=1S/C7H12O4.3CH5N/c8-6(9)4-2-1-3-5-7(10)11;3*1-2/h1-5H2,(H,8,9)(H,10,11);3*2H2,1H3. The zero-order chi connectivity index (χ0) is 14.7. The van der Waals surface area contributed by atoms with Crippen LogP contribution in [0.5, 0.6) is 0 Å². The number of hydrogen-bond acceptors (Lipinski definition) is 5. The first-order valence-corrected chi connectivity index (χ1v) is 5.29. The Labute approximate surface area is 103 Å². The molecule has 0 aliphatic rings. The minimum absolute atomic E-state index is 0.139. The molecule has 0 saturated heterocycles. The minimum atomic E-state index is -0.819. The van der Waals surface area contributed by atoms with Gasteiger partial charge in [-0.25, -0.2) is 0 Å². The molecule has 7 heteroatoms. The van der Waals surface area contributed by atoms with Crippen molar-refractivity contribution in [3.8, 4) is 0 Å². The third-order valence-corrected chi connectivity index (χ3v) is 1.28. The molecule has 0 radical (unpaired) electrons. The van der Waals surface area contributed by atoms with E-state index < -0.39 is 11.9 Å². The van der Waals surface area contributed by atoms with Crippen LogP contribution in [0.3, 0.4) is 0 Å². The molecule has 0 rings (SSSR count). The Morgan fingerprint density at radius 2 is 0.941 bits per heavy atom. The number of carboxylic acids is 2. The van der Waals surface area contributed by atoms with Crippen molar-refractivity contribution in [3.05, 3.63) is 0 Å². The summed E-state index contributed by atoms with van der Waals surface area (Å²) in [6.07, 6.45) is 2.10. The Hall–Kier alpha value is -1.18. The van der Waals surface area contributed by atoms with Crippen LogP contribution in [0, 0.1) is 0 Å². The van der Waals surface area contributed by atoms with Gasteiger partial charge >= 0.3 is 11.9 Å². The summed E-state index contributed by atoms with van der Waals surface area (Å²) in [4.78, 5) is 20.0. The van der Waals surface area contributed by atoms with E-state index in [1.807, 2.05) is 0 Å². The molecular formula is C10H27N3O4. The number of rotatable bonds is 6. The molecule has 106 valence electrons. The molecule has 0 aromatic rings. The molecule has 0 heterocycles. The number of hydrogen-bond donors (Lipinski definition) is 5. The lowest BCUT2D eigenvalue weighted by molar-refractivity contribution is -0.137. The van der Waals surface area contributed by atoms with Gasteiger partial charge in [-0.3, -0.25) is 9.59 Å². The highest BCUT2D eigenvalue weighted by Gasteiger charge is 1.98. The fourth-order valence-corrected chi connectivity index (χ4v) is 0.729. The topological polar surface area (TPSA) is 153 Å². The quantitative estimate of drug-likeness (QED) is 0.412. The van der Waals surface area contributed by atoms with E-state index in [1.165, 1.54) is 21.1 Å². The van der Waals surface area contributed by atoms with Gasteiger partial charge < -0.3 is 27.4 Å². The van der Waals surface area contributed by atoms with Gasteiger partial charge in [-0.15, -0.1) is 0 Å². The van der Waals surface area contributed by atoms with E-state index in [1.54, 1.807) is 0 Å². The molecule has 0 unspecified atom stereocenters. The van der Waals surface area contributed by atoms with Gasteiger partial charge in [0.15, 0.2) is 0 Å². The number of carbonyl (C=O) groups is 2. The van der Waals surface area contributed by atoms with Crippen LogP contribution in [-0.2, 0) is 9.59 Å². The van der Waals surface area contributed by atoms with E-state index in [9.17, 15) is 9.59 Å². The van der Waals surface area contributed by atoms with Gasteiger partial charge in [0.2, 0.25) is 0 Å². The second-order valence-electron chi connectivity index (χ2n) is 2.35. The lowest BCUT2D eigenvalue weighted by atomic mass is 10.1. The van der Waals surface area contributed by atoms with Gasteiger partial charge in [0, 0.05) is 12.8 Å². The van der Waals surface area contributed by atoms with Gasteiger partial charge in [0.1, 0.15) is 0 Å². The molecular weight excluding hydrogens is 226 g/mol. The van der Waals surface area contributed by atoms with Gasteiger partial charge in [0.25, 0.3) is 0 Å². The average Bonchev–Trinajstić information content (AvgIpc) is 2.35. The van der Waals surface area contributed by atoms with Gasteiger partial charge in [-0.05, 0) is 34.0 Å². The number of nitrogens with two attached hydrogens (primary N) is 3. The highest BCUT2D eigenvalue weighted by atomic mass is 16.4. The number of unbranched alkanes of at least 4 members (excludes halogenated alkanes) is 2. The van der Waals surface area contributed by atoms with E-state index >= 15 is 0 Å². The molecule has 0 bridgehead atoms. The van der Waals surface area contributed by atoms with E-state index in [-0.39, 0.29) is 12.8 Å². The second-order valence-corrected chi connectivity index (χ2v) is 2.35. The molecule has 0 saturated carbocycles. The predicted octanol–water partition coefficient (Wildman–Crippen LogP) is -0.169. The van der Waals surface area contributed by atoms with Crippen LogP contribution in [0.1, 0.15) is 32.1 Å². The van der Waals surface area contributed by atoms with Crippen LogP contribution in [0.4, 0.5) is 0 Å². The molecule has 17 heavy (non-hydrogen) atoms. The fourth-order valence-electron chi connectivity index (χ4n) is 0.729. The molecule has 0 aromatic carbocycles. The first-order chi connectivity index (χ1) is 8.13. The van der Waals surface area contributed by atoms with Gasteiger partial charge in [0.05, 0.1) is 0 Å². The van der Waals surface area contributed by atoms with Gasteiger partial charge in [-0.2, -0.15) is 0 Å². The van der Waals surface area contributed by atoms with E-state index in [0.29, 0.717) is 19.3 Å². The number of carboxylic acid groups (broad SMARTS) is 2. The normalized spacial score (nSPS) is 7.18. The van der Waals surface area contributed by atoms with Crippen LogP contribution >= 0.6 is 0 Å². The van der Waals surface area contributed by atoms with E-state index in [2.05, 4.69) is 17.2 Å². The molecule has 0 aromatic heterocycles. The van der Waals surface area contributed by atoms with Crippen LogP contribution in [0.2, 0.25) is 0 Å². The largest absolute Gasteiger partial charge is 0.481 e. The van der Waals surface area contributed by atoms with Crippen molar-refractivity contribution >= 4 is 11.9 Å². The van der Waals surface area contributed by atoms with Crippen molar-refractivity contribution in [2.24, 2.45) is 17.2 Å². The maximum atomic E-state index is 9.98. The molecule has 0 fully saturated rings. The summed E-state index contributed by atoms with van der Waals surface area (Å²) in [5.41, 5.74) is 13.5. The number of aliphatic carboxylic acids is 2. The van der Waals surface area contributed by atoms with Crippen LogP contribution < -0.4 is 17.2 Å². The van der Waals surface area contributed by atoms with Crippen molar-refractivity contribution in [1.82, 2.24) is 0 Å². The molecule has 0 aliphatic carbocycles. The summed E-state index contributed by atoms with van der Waals surface area (Å²) >= 11 is 0. The molecule has 0 spiro atoms. The van der Waals surface area contributed by atoms with Crippen molar-refractivity contribution in [3.63, 3.8) is 0 Å². The van der Waals surface area contributed by atoms with Crippen molar-refractivity contribution in [1.29, 1.82) is 0 Å². The molecule has 0 amide bonds.